The fourth-order valence-electron chi connectivity index (χ4n) is 1.26. The predicted molar refractivity (Wildman–Crippen MR) is 67.4 cm³/mol. The van der Waals surface area contributed by atoms with Crippen LogP contribution in [0.15, 0.2) is 45.9 Å². The van der Waals surface area contributed by atoms with Gasteiger partial charge in [-0.05, 0) is 24.5 Å². The van der Waals surface area contributed by atoms with E-state index in [2.05, 4.69) is 15.8 Å². The largest absolute Gasteiger partial charge is 0.338 e. The molecule has 0 aliphatic carbocycles. The van der Waals surface area contributed by atoms with E-state index in [0.29, 0.717) is 5.88 Å². The number of amides is 2. The maximum absolute atomic E-state index is 11.6. The number of carbonyl (C=O) groups is 1. The van der Waals surface area contributed by atoms with Crippen LogP contribution in [0, 0.1) is 0 Å². The lowest BCUT2D eigenvalue weighted by molar-refractivity contribution is 0.261. The zero-order valence-corrected chi connectivity index (χ0v) is 9.95. The number of urea groups is 1. The van der Waals surface area contributed by atoms with E-state index in [1.54, 1.807) is 17.8 Å². The predicted octanol–water partition coefficient (Wildman–Crippen LogP) is 3.04. The number of nitrogens with zero attached hydrogens (tertiary/aromatic N) is 1. The second-order valence-electron chi connectivity index (χ2n) is 3.19. The van der Waals surface area contributed by atoms with E-state index in [9.17, 15) is 4.79 Å². The SMILES string of the molecule is CSc1cccc(NC(=O)Nc2ccno2)c1. The van der Waals surface area contributed by atoms with Crippen LogP contribution in [0.3, 0.4) is 0 Å². The van der Waals surface area contributed by atoms with Crippen molar-refractivity contribution < 1.29 is 9.32 Å². The molecule has 0 fully saturated rings. The molecule has 2 aromatic rings. The van der Waals surface area contributed by atoms with Gasteiger partial charge in [-0.2, -0.15) is 0 Å². The van der Waals surface area contributed by atoms with Crippen molar-refractivity contribution in [1.29, 1.82) is 0 Å². The molecule has 88 valence electrons. The Morgan fingerprint density at radius 2 is 2.24 bits per heavy atom. The summed E-state index contributed by atoms with van der Waals surface area (Å²) in [6.07, 6.45) is 3.44. The topological polar surface area (TPSA) is 67.2 Å². The van der Waals surface area contributed by atoms with E-state index < -0.39 is 0 Å². The van der Waals surface area contributed by atoms with Crippen LogP contribution in [0.4, 0.5) is 16.4 Å². The van der Waals surface area contributed by atoms with Gasteiger partial charge in [0, 0.05) is 16.6 Å². The molecule has 2 N–H and O–H groups in total. The molecule has 0 atom stereocenters. The molecule has 0 aliphatic rings. The van der Waals surface area contributed by atoms with Crippen LogP contribution in [0.25, 0.3) is 0 Å². The molecule has 2 rings (SSSR count). The Hall–Kier alpha value is -1.95. The van der Waals surface area contributed by atoms with Gasteiger partial charge >= 0.3 is 6.03 Å². The molecular formula is C11H11N3O2S. The molecule has 0 saturated carbocycles. The first kappa shape index (κ1) is 11.5. The first-order valence-electron chi connectivity index (χ1n) is 4.90. The van der Waals surface area contributed by atoms with Crippen molar-refractivity contribution in [1.82, 2.24) is 5.16 Å². The Labute approximate surface area is 103 Å². The van der Waals surface area contributed by atoms with Gasteiger partial charge in [0.25, 0.3) is 0 Å². The Morgan fingerprint density at radius 3 is 2.94 bits per heavy atom. The summed E-state index contributed by atoms with van der Waals surface area (Å²) in [6.45, 7) is 0. The smallest absolute Gasteiger partial charge is 0.326 e. The van der Waals surface area contributed by atoms with Crippen molar-refractivity contribution in [2.45, 2.75) is 4.90 Å². The number of thioether (sulfide) groups is 1. The molecule has 17 heavy (non-hydrogen) atoms. The fourth-order valence-corrected chi connectivity index (χ4v) is 1.71. The minimum absolute atomic E-state index is 0.309. The highest BCUT2D eigenvalue weighted by atomic mass is 32.2. The highest BCUT2D eigenvalue weighted by molar-refractivity contribution is 7.98. The molecule has 0 bridgehead atoms. The molecule has 0 radical (unpaired) electrons. The summed E-state index contributed by atoms with van der Waals surface area (Å²) < 4.78 is 4.76. The molecule has 2 amide bonds. The molecule has 6 heteroatoms. The van der Waals surface area contributed by atoms with Gasteiger partial charge in [0.15, 0.2) is 0 Å². The first-order chi connectivity index (χ1) is 8.28. The van der Waals surface area contributed by atoms with Gasteiger partial charge in [0.05, 0.1) is 6.20 Å². The number of benzene rings is 1. The molecular weight excluding hydrogens is 238 g/mol. The first-order valence-corrected chi connectivity index (χ1v) is 6.13. The second kappa shape index (κ2) is 5.40. The van der Waals surface area contributed by atoms with Gasteiger partial charge in [-0.15, -0.1) is 11.8 Å². The number of carbonyl (C=O) groups excluding carboxylic acids is 1. The number of hydrogen-bond acceptors (Lipinski definition) is 4. The Bertz CT molecular complexity index is 499. The summed E-state index contributed by atoms with van der Waals surface area (Å²) in [5, 5.41) is 8.71. The quantitative estimate of drug-likeness (QED) is 0.820. The van der Waals surface area contributed by atoms with Gasteiger partial charge in [0.2, 0.25) is 5.88 Å². The van der Waals surface area contributed by atoms with Crippen molar-refractivity contribution in [2.75, 3.05) is 16.9 Å². The van der Waals surface area contributed by atoms with Crippen molar-refractivity contribution in [3.8, 4) is 0 Å². The third kappa shape index (κ3) is 3.25. The maximum atomic E-state index is 11.6. The van der Waals surface area contributed by atoms with Gasteiger partial charge < -0.3 is 9.84 Å². The Balaban J connectivity index is 1.98. The van der Waals surface area contributed by atoms with Crippen molar-refractivity contribution in [2.24, 2.45) is 0 Å². The van der Waals surface area contributed by atoms with E-state index in [1.807, 2.05) is 30.5 Å². The van der Waals surface area contributed by atoms with Crippen LogP contribution >= 0.6 is 11.8 Å². The summed E-state index contributed by atoms with van der Waals surface area (Å²) >= 11 is 1.62. The van der Waals surface area contributed by atoms with E-state index in [-0.39, 0.29) is 6.03 Å². The normalized spacial score (nSPS) is 9.94. The lowest BCUT2D eigenvalue weighted by atomic mass is 10.3. The number of anilines is 2. The average molecular weight is 249 g/mol. The molecule has 0 unspecified atom stereocenters. The monoisotopic (exact) mass is 249 g/mol. The number of nitrogens with one attached hydrogen (secondary N) is 2. The van der Waals surface area contributed by atoms with Crippen LogP contribution in [0.1, 0.15) is 0 Å². The number of aromatic nitrogens is 1. The Morgan fingerprint density at radius 1 is 1.35 bits per heavy atom. The van der Waals surface area contributed by atoms with Gasteiger partial charge in [-0.1, -0.05) is 11.2 Å². The standard InChI is InChI=1S/C11H11N3O2S/c1-17-9-4-2-3-8(7-9)13-11(15)14-10-5-6-12-16-10/h2-7H,1H3,(H2,13,14,15). The van der Waals surface area contributed by atoms with Crippen LogP contribution in [-0.2, 0) is 0 Å². The van der Waals surface area contributed by atoms with Crippen molar-refractivity contribution >= 4 is 29.4 Å². The lowest BCUT2D eigenvalue weighted by Gasteiger charge is -2.06. The molecule has 1 aromatic carbocycles. The third-order valence-electron chi connectivity index (χ3n) is 2.00. The van der Waals surface area contributed by atoms with Gasteiger partial charge in [-0.25, -0.2) is 4.79 Å². The third-order valence-corrected chi connectivity index (χ3v) is 2.73. The summed E-state index contributed by atoms with van der Waals surface area (Å²) in [6, 6.07) is 8.78. The van der Waals surface area contributed by atoms with Crippen LogP contribution < -0.4 is 10.6 Å². The van der Waals surface area contributed by atoms with E-state index >= 15 is 0 Å². The van der Waals surface area contributed by atoms with Crippen LogP contribution in [-0.4, -0.2) is 17.4 Å². The summed E-state index contributed by atoms with van der Waals surface area (Å²) in [4.78, 5) is 12.6. The zero-order valence-electron chi connectivity index (χ0n) is 9.14. The van der Waals surface area contributed by atoms with Crippen LogP contribution in [0.5, 0.6) is 0 Å². The van der Waals surface area contributed by atoms with Crippen molar-refractivity contribution in [3.05, 3.63) is 36.5 Å². The highest BCUT2D eigenvalue weighted by Gasteiger charge is 2.04. The Kier molecular flexibility index (Phi) is 3.66. The van der Waals surface area contributed by atoms with Crippen molar-refractivity contribution in [3.63, 3.8) is 0 Å². The average Bonchev–Trinajstić information content (AvgIpc) is 2.82. The molecule has 1 heterocycles. The van der Waals surface area contributed by atoms with Crippen LogP contribution in [0.2, 0.25) is 0 Å². The van der Waals surface area contributed by atoms with E-state index in [4.69, 9.17) is 4.52 Å². The minimum atomic E-state index is -0.361. The highest BCUT2D eigenvalue weighted by Crippen LogP contribution is 2.19. The zero-order chi connectivity index (χ0) is 12.1. The summed E-state index contributed by atoms with van der Waals surface area (Å²) in [5.74, 6) is 0.309. The maximum Gasteiger partial charge on any atom is 0.326 e. The summed E-state index contributed by atoms with van der Waals surface area (Å²) in [7, 11) is 0. The minimum Gasteiger partial charge on any atom is -0.338 e. The summed E-state index contributed by atoms with van der Waals surface area (Å²) in [5.41, 5.74) is 0.730. The molecule has 0 spiro atoms. The van der Waals surface area contributed by atoms with E-state index in [1.165, 1.54) is 6.20 Å². The molecule has 0 saturated heterocycles. The van der Waals surface area contributed by atoms with Gasteiger partial charge in [0.1, 0.15) is 0 Å². The molecule has 5 nitrogen and oxygen atoms in total. The van der Waals surface area contributed by atoms with E-state index in [0.717, 1.165) is 10.6 Å². The molecule has 0 aliphatic heterocycles. The second-order valence-corrected chi connectivity index (χ2v) is 4.07. The fraction of sp³-hybridized carbons (Fsp3) is 0.0909. The lowest BCUT2D eigenvalue weighted by Crippen LogP contribution is -2.18. The number of hydrogen-bond donors (Lipinski definition) is 2. The number of rotatable bonds is 3. The van der Waals surface area contributed by atoms with Gasteiger partial charge in [-0.3, -0.25) is 5.32 Å². The molecule has 1 aromatic heterocycles.